The average molecular weight is 571 g/mol. The second-order valence-corrected chi connectivity index (χ2v) is 11.2. The van der Waals surface area contributed by atoms with E-state index in [1.165, 1.54) is 0 Å². The van der Waals surface area contributed by atoms with Crippen LogP contribution in [0, 0.1) is 5.92 Å². The van der Waals surface area contributed by atoms with Crippen LogP contribution in [-0.2, 0) is 32.6 Å². The molecule has 0 radical (unpaired) electrons. The van der Waals surface area contributed by atoms with Gasteiger partial charge < -0.3 is 36.3 Å². The third-order valence-electron chi connectivity index (χ3n) is 7.27. The highest BCUT2D eigenvalue weighted by Crippen LogP contribution is 2.22. The van der Waals surface area contributed by atoms with Gasteiger partial charge in [0.15, 0.2) is 0 Å². The molecule has 2 heterocycles. The number of primary amides is 1. The van der Waals surface area contributed by atoms with Crippen LogP contribution >= 0.6 is 0 Å². The normalized spacial score (nSPS) is 16.0. The lowest BCUT2D eigenvalue weighted by Gasteiger charge is -2.28. The number of carbonyl (C=O) groups is 5. The maximum Gasteiger partial charge on any atom is 0.326 e. The van der Waals surface area contributed by atoms with Crippen LogP contribution in [0.3, 0.4) is 0 Å². The van der Waals surface area contributed by atoms with Crippen molar-refractivity contribution in [1.82, 2.24) is 25.4 Å². The molecule has 3 atom stereocenters. The minimum absolute atomic E-state index is 0.0519. The molecule has 12 nitrogen and oxygen atoms in total. The van der Waals surface area contributed by atoms with E-state index in [-0.39, 0.29) is 18.4 Å². The lowest BCUT2D eigenvalue weighted by Crippen LogP contribution is -2.58. The number of rotatable bonds is 12. The Balaban J connectivity index is 1.86. The number of carbonyl (C=O) groups excluding carboxylic acids is 4. The van der Waals surface area contributed by atoms with Crippen LogP contribution in [-0.4, -0.2) is 75.5 Å². The van der Waals surface area contributed by atoms with Crippen molar-refractivity contribution >= 4 is 40.6 Å². The number of hydrogen-bond donors (Lipinski definition) is 5. The molecule has 0 unspecified atom stereocenters. The summed E-state index contributed by atoms with van der Waals surface area (Å²) in [7, 11) is 1.86. The molecule has 0 saturated carbocycles. The van der Waals surface area contributed by atoms with Gasteiger partial charge in [0.1, 0.15) is 18.1 Å². The van der Waals surface area contributed by atoms with E-state index in [0.29, 0.717) is 19.5 Å². The molecule has 1 fully saturated rings. The summed E-state index contributed by atoms with van der Waals surface area (Å²) >= 11 is 0. The van der Waals surface area contributed by atoms with Gasteiger partial charge in [0.2, 0.25) is 17.7 Å². The predicted octanol–water partition coefficient (Wildman–Crippen LogP) is 1.65. The largest absolute Gasteiger partial charge is 0.480 e. The van der Waals surface area contributed by atoms with Crippen molar-refractivity contribution in [1.29, 1.82) is 0 Å². The Morgan fingerprint density at radius 1 is 0.902 bits per heavy atom. The van der Waals surface area contributed by atoms with Gasteiger partial charge in [-0.3, -0.25) is 14.4 Å². The van der Waals surface area contributed by atoms with E-state index in [4.69, 9.17) is 5.73 Å². The number of aliphatic carboxylic acids is 1. The summed E-state index contributed by atoms with van der Waals surface area (Å²) in [5.41, 5.74) is 6.87. The fraction of sp³-hybridized carbons (Fsp3) is 0.552. The maximum absolute atomic E-state index is 13.6. The van der Waals surface area contributed by atoms with Crippen molar-refractivity contribution in [2.75, 3.05) is 13.1 Å². The number of urea groups is 1. The third-order valence-corrected chi connectivity index (χ3v) is 7.27. The number of benzene rings is 1. The van der Waals surface area contributed by atoms with E-state index in [9.17, 15) is 29.1 Å². The highest BCUT2D eigenvalue weighted by molar-refractivity contribution is 5.95. The minimum atomic E-state index is -1.55. The van der Waals surface area contributed by atoms with Crippen molar-refractivity contribution in [3.05, 3.63) is 36.0 Å². The quantitative estimate of drug-likeness (QED) is 0.259. The Kier molecular flexibility index (Phi) is 11.1. The number of likely N-dealkylation sites (tertiary alicyclic amines) is 1. The lowest BCUT2D eigenvalue weighted by atomic mass is 10.0. The molecule has 1 aromatic carbocycles. The maximum atomic E-state index is 13.6. The summed E-state index contributed by atoms with van der Waals surface area (Å²) < 4.78 is 1.90. The number of para-hydroxylation sites is 1. The fourth-order valence-electron chi connectivity index (χ4n) is 5.18. The first-order valence-corrected chi connectivity index (χ1v) is 14.2. The molecule has 5 amide bonds. The molecule has 0 bridgehead atoms. The molecule has 1 aliphatic heterocycles. The molecule has 2 aromatic rings. The van der Waals surface area contributed by atoms with Crippen LogP contribution < -0.4 is 21.7 Å². The van der Waals surface area contributed by atoms with Crippen LogP contribution in [0.15, 0.2) is 30.5 Å². The van der Waals surface area contributed by atoms with Crippen LogP contribution in [0.4, 0.5) is 4.79 Å². The molecular formula is C29H42N6O6. The van der Waals surface area contributed by atoms with E-state index < -0.39 is 48.2 Å². The number of nitrogens with zero attached hydrogens (tertiary/aromatic N) is 2. The van der Waals surface area contributed by atoms with Gasteiger partial charge in [-0.05, 0) is 36.8 Å². The van der Waals surface area contributed by atoms with E-state index in [1.807, 2.05) is 55.9 Å². The zero-order valence-corrected chi connectivity index (χ0v) is 24.0. The number of carboxylic acids is 1. The first kappa shape index (κ1) is 31.4. The second kappa shape index (κ2) is 14.5. The Bertz CT molecular complexity index is 1250. The number of amides is 5. The Labute approximate surface area is 240 Å². The fourth-order valence-corrected chi connectivity index (χ4v) is 5.18. The number of nitrogens with two attached hydrogens (primary N) is 1. The SMILES string of the molecule is CC(C)C[C@H](NC(=O)N1CCCCCC1)C(=O)N[C@H](Cc1cn(C)c2ccccc12)C(=O)N[C@H](CC(N)=O)C(=O)O. The average Bonchev–Trinajstić information content (AvgIpc) is 3.06. The Hall–Kier alpha value is -4.09. The lowest BCUT2D eigenvalue weighted by molar-refractivity contribution is -0.143. The summed E-state index contributed by atoms with van der Waals surface area (Å²) in [5, 5.41) is 18.4. The van der Waals surface area contributed by atoms with E-state index in [2.05, 4.69) is 16.0 Å². The zero-order chi connectivity index (χ0) is 30.1. The van der Waals surface area contributed by atoms with Gasteiger partial charge in [0.05, 0.1) is 6.42 Å². The molecule has 224 valence electrons. The van der Waals surface area contributed by atoms with Gasteiger partial charge in [-0.1, -0.05) is 44.9 Å². The zero-order valence-electron chi connectivity index (χ0n) is 24.0. The molecule has 1 aromatic heterocycles. The minimum Gasteiger partial charge on any atom is -0.480 e. The van der Waals surface area contributed by atoms with Crippen LogP contribution in [0.1, 0.15) is 57.9 Å². The summed E-state index contributed by atoms with van der Waals surface area (Å²) in [6.07, 6.45) is 5.55. The van der Waals surface area contributed by atoms with E-state index >= 15 is 0 Å². The molecule has 0 aliphatic carbocycles. The van der Waals surface area contributed by atoms with Crippen molar-refractivity contribution in [3.63, 3.8) is 0 Å². The first-order valence-electron chi connectivity index (χ1n) is 14.2. The highest BCUT2D eigenvalue weighted by atomic mass is 16.4. The number of aryl methyl sites for hydroxylation is 1. The molecule has 12 heteroatoms. The second-order valence-electron chi connectivity index (χ2n) is 11.2. The molecular weight excluding hydrogens is 528 g/mol. The van der Waals surface area contributed by atoms with Crippen molar-refractivity contribution in [2.45, 2.75) is 76.9 Å². The number of aromatic nitrogens is 1. The van der Waals surface area contributed by atoms with Gasteiger partial charge >= 0.3 is 12.0 Å². The first-order chi connectivity index (χ1) is 19.5. The monoisotopic (exact) mass is 570 g/mol. The molecule has 6 N–H and O–H groups in total. The summed E-state index contributed by atoms with van der Waals surface area (Å²) in [6.45, 7) is 5.09. The number of nitrogens with one attached hydrogen (secondary N) is 3. The summed E-state index contributed by atoms with van der Waals surface area (Å²) in [6, 6.07) is 3.61. The molecule has 3 rings (SSSR count). The molecule has 0 spiro atoms. The van der Waals surface area contributed by atoms with E-state index in [1.54, 1.807) is 4.90 Å². The molecule has 41 heavy (non-hydrogen) atoms. The number of hydrogen-bond acceptors (Lipinski definition) is 5. The van der Waals surface area contributed by atoms with Gasteiger partial charge in [-0.2, -0.15) is 0 Å². The highest BCUT2D eigenvalue weighted by Gasteiger charge is 2.32. The summed E-state index contributed by atoms with van der Waals surface area (Å²) in [5.74, 6) is -3.58. The van der Waals surface area contributed by atoms with Gasteiger partial charge in [-0.15, -0.1) is 0 Å². The molecule has 1 aliphatic rings. The smallest absolute Gasteiger partial charge is 0.326 e. The van der Waals surface area contributed by atoms with Gasteiger partial charge in [-0.25, -0.2) is 9.59 Å². The topological polar surface area (TPSA) is 176 Å². The number of carboxylic acid groups (broad SMARTS) is 1. The van der Waals surface area contributed by atoms with Crippen LogP contribution in [0.5, 0.6) is 0 Å². The Morgan fingerprint density at radius 3 is 2.12 bits per heavy atom. The summed E-state index contributed by atoms with van der Waals surface area (Å²) in [4.78, 5) is 65.0. The van der Waals surface area contributed by atoms with Crippen molar-refractivity contribution in [2.24, 2.45) is 18.7 Å². The van der Waals surface area contributed by atoms with Crippen LogP contribution in [0.25, 0.3) is 10.9 Å². The predicted molar refractivity (Wildman–Crippen MR) is 154 cm³/mol. The van der Waals surface area contributed by atoms with Crippen molar-refractivity contribution < 1.29 is 29.1 Å². The van der Waals surface area contributed by atoms with Gasteiger partial charge in [0.25, 0.3) is 0 Å². The molecule has 1 saturated heterocycles. The van der Waals surface area contributed by atoms with E-state index in [0.717, 1.165) is 42.1 Å². The van der Waals surface area contributed by atoms with Gasteiger partial charge in [0, 0.05) is 43.7 Å². The van der Waals surface area contributed by atoms with Crippen molar-refractivity contribution in [3.8, 4) is 0 Å². The third kappa shape index (κ3) is 8.95. The van der Waals surface area contributed by atoms with Crippen LogP contribution in [0.2, 0.25) is 0 Å². The standard InChI is InChI=1S/C29H42N6O6/c1-18(2)14-21(33-29(41)35-12-8-4-5-9-13-35)26(37)31-22(27(38)32-23(28(39)40)16-25(30)36)15-19-17-34(3)24-11-7-6-10-20(19)24/h6-7,10-11,17-18,21-23H,4-5,8-9,12-16H2,1-3H3,(H2,30,36)(H,31,37)(H,32,38)(H,33,41)(H,39,40)/t21-,22+,23+/m0/s1. The number of fused-ring (bicyclic) bond motifs is 1. The Morgan fingerprint density at radius 2 is 1.51 bits per heavy atom.